The van der Waals surface area contributed by atoms with Gasteiger partial charge in [-0.15, -0.1) is 0 Å². The molecule has 0 amide bonds. The Hall–Kier alpha value is -1.50. The second kappa shape index (κ2) is 7.03. The number of rotatable bonds is 6. The summed E-state index contributed by atoms with van der Waals surface area (Å²) in [7, 11) is -6.78. The highest BCUT2D eigenvalue weighted by molar-refractivity contribution is 7.86. The Balaban J connectivity index is 1.63. The molecule has 0 aromatic rings. The summed E-state index contributed by atoms with van der Waals surface area (Å²) in [6, 6.07) is 0. The molecule has 0 aliphatic heterocycles. The lowest BCUT2D eigenvalue weighted by Gasteiger charge is -2.55. The second-order valence-electron chi connectivity index (χ2n) is 8.20. The largest absolute Gasteiger partial charge is 0.743 e. The highest BCUT2D eigenvalue weighted by atomic mass is 32.2. The van der Waals surface area contributed by atoms with E-state index in [1.54, 1.807) is 0 Å². The number of ether oxygens (including phenoxy) is 2. The number of esters is 2. The Bertz CT molecular complexity index is 757. The van der Waals surface area contributed by atoms with Gasteiger partial charge < -0.3 is 14.0 Å². The first kappa shape index (κ1) is 22.2. The topological polar surface area (TPSA) is 110 Å². The van der Waals surface area contributed by atoms with Crippen LogP contribution >= 0.6 is 0 Å². The van der Waals surface area contributed by atoms with Crippen molar-refractivity contribution in [2.24, 2.45) is 23.2 Å². The lowest BCUT2D eigenvalue weighted by atomic mass is 9.49. The predicted molar refractivity (Wildman–Crippen MR) is 82.1 cm³/mol. The van der Waals surface area contributed by atoms with E-state index in [0.717, 1.165) is 19.3 Å². The molecule has 0 saturated heterocycles. The Morgan fingerprint density at radius 3 is 1.83 bits per heavy atom. The van der Waals surface area contributed by atoms with Gasteiger partial charge in [0.05, 0.1) is 5.41 Å². The first-order chi connectivity index (χ1) is 13.1. The van der Waals surface area contributed by atoms with Crippen LogP contribution < -0.4 is 0 Å². The molecule has 0 heterocycles. The third-order valence-electron chi connectivity index (χ3n) is 5.98. The van der Waals surface area contributed by atoms with Crippen LogP contribution in [-0.4, -0.2) is 49.1 Å². The van der Waals surface area contributed by atoms with Gasteiger partial charge in [-0.1, -0.05) is 0 Å². The van der Waals surface area contributed by atoms with Crippen molar-refractivity contribution in [1.29, 1.82) is 0 Å². The zero-order valence-corrected chi connectivity index (χ0v) is 15.7. The van der Waals surface area contributed by atoms with Gasteiger partial charge in [0, 0.05) is 0 Å². The molecule has 4 bridgehead atoms. The molecule has 0 spiro atoms. The fourth-order valence-corrected chi connectivity index (χ4v) is 5.70. The summed E-state index contributed by atoms with van der Waals surface area (Å²) < 4.78 is 105. The standard InChI is InChI=1S/C16H19F5O7S/c17-15(18,19)12(16(20,21)29(24,25)26)28-11(22)7-27-13(23)14-4-8-1-9(5-14)3-10(2-8)6-14/h8-10,12H,1-7H2,(H,24,25,26)/p-1. The maximum atomic E-state index is 13.3. The molecule has 4 saturated carbocycles. The van der Waals surface area contributed by atoms with Crippen LogP contribution in [0.3, 0.4) is 0 Å². The van der Waals surface area contributed by atoms with Gasteiger partial charge >= 0.3 is 23.4 Å². The molecule has 1 unspecified atom stereocenters. The van der Waals surface area contributed by atoms with E-state index in [9.17, 15) is 44.5 Å². The number of carbonyl (C=O) groups is 2. The van der Waals surface area contributed by atoms with E-state index in [1.807, 2.05) is 0 Å². The molecule has 0 aromatic heterocycles. The molecule has 0 radical (unpaired) electrons. The van der Waals surface area contributed by atoms with E-state index in [-0.39, 0.29) is 0 Å². The monoisotopic (exact) mass is 449 g/mol. The maximum absolute atomic E-state index is 13.3. The van der Waals surface area contributed by atoms with Crippen LogP contribution in [0.25, 0.3) is 0 Å². The summed E-state index contributed by atoms with van der Waals surface area (Å²) >= 11 is 0. The quantitative estimate of drug-likeness (QED) is 0.348. The highest BCUT2D eigenvalue weighted by Crippen LogP contribution is 2.60. The molecular weight excluding hydrogens is 431 g/mol. The van der Waals surface area contributed by atoms with Gasteiger partial charge in [0.2, 0.25) is 0 Å². The number of hydrogen-bond acceptors (Lipinski definition) is 7. The number of hydrogen-bond donors (Lipinski definition) is 0. The minimum Gasteiger partial charge on any atom is -0.743 e. The fourth-order valence-electron chi connectivity index (χ4n) is 5.26. The number of halogens is 5. The smallest absolute Gasteiger partial charge is 0.432 e. The average molecular weight is 449 g/mol. The molecule has 166 valence electrons. The van der Waals surface area contributed by atoms with E-state index < -0.39 is 51.6 Å². The molecule has 4 aliphatic rings. The zero-order valence-electron chi connectivity index (χ0n) is 14.9. The first-order valence-corrected chi connectivity index (χ1v) is 10.3. The normalized spacial score (nSPS) is 32.7. The van der Waals surface area contributed by atoms with Crippen molar-refractivity contribution >= 4 is 22.1 Å². The molecule has 1 atom stereocenters. The van der Waals surface area contributed by atoms with Gasteiger partial charge in [-0.25, -0.2) is 13.2 Å². The fraction of sp³-hybridized carbons (Fsp3) is 0.875. The molecular formula is C16H18F5O7S-. The van der Waals surface area contributed by atoms with Gasteiger partial charge in [0.15, 0.2) is 16.7 Å². The Morgan fingerprint density at radius 1 is 1.00 bits per heavy atom. The minimum atomic E-state index is -6.78. The summed E-state index contributed by atoms with van der Waals surface area (Å²) in [6.07, 6.45) is -6.00. The van der Waals surface area contributed by atoms with E-state index in [0.29, 0.717) is 37.0 Å². The minimum absolute atomic E-state index is 0.330. The summed E-state index contributed by atoms with van der Waals surface area (Å²) in [5, 5.41) is -5.94. The Morgan fingerprint density at radius 2 is 1.45 bits per heavy atom. The number of carbonyl (C=O) groups excluding carboxylic acids is 2. The van der Waals surface area contributed by atoms with Crippen molar-refractivity contribution in [3.63, 3.8) is 0 Å². The van der Waals surface area contributed by atoms with E-state index in [1.165, 1.54) is 0 Å². The molecule has 0 aromatic carbocycles. The Kier molecular flexibility index (Phi) is 5.38. The van der Waals surface area contributed by atoms with Gasteiger partial charge in [-0.2, -0.15) is 22.0 Å². The molecule has 7 nitrogen and oxygen atoms in total. The highest BCUT2D eigenvalue weighted by Gasteiger charge is 2.63. The summed E-state index contributed by atoms with van der Waals surface area (Å²) in [5.41, 5.74) is -0.846. The van der Waals surface area contributed by atoms with Crippen LogP contribution in [0.4, 0.5) is 22.0 Å². The molecule has 29 heavy (non-hydrogen) atoms. The van der Waals surface area contributed by atoms with Gasteiger partial charge in [0.25, 0.3) is 6.10 Å². The molecule has 4 aliphatic carbocycles. The van der Waals surface area contributed by atoms with Gasteiger partial charge in [0.1, 0.15) is 0 Å². The second-order valence-corrected chi connectivity index (χ2v) is 9.65. The van der Waals surface area contributed by atoms with Crippen LogP contribution in [0.1, 0.15) is 38.5 Å². The van der Waals surface area contributed by atoms with E-state index in [2.05, 4.69) is 4.74 Å². The van der Waals surface area contributed by atoms with Crippen molar-refractivity contribution in [1.82, 2.24) is 0 Å². The molecule has 13 heteroatoms. The van der Waals surface area contributed by atoms with Crippen molar-refractivity contribution in [3.8, 4) is 0 Å². The molecule has 4 rings (SSSR count). The van der Waals surface area contributed by atoms with E-state index >= 15 is 0 Å². The van der Waals surface area contributed by atoms with Crippen LogP contribution in [0, 0.1) is 23.2 Å². The van der Waals surface area contributed by atoms with Crippen LogP contribution in [0.2, 0.25) is 0 Å². The van der Waals surface area contributed by atoms with Crippen molar-refractivity contribution in [3.05, 3.63) is 0 Å². The van der Waals surface area contributed by atoms with Crippen molar-refractivity contribution in [2.45, 2.75) is 56.1 Å². The zero-order chi connectivity index (χ0) is 21.8. The maximum Gasteiger partial charge on any atom is 0.432 e. The van der Waals surface area contributed by atoms with Crippen molar-refractivity contribution < 1.29 is 54.0 Å². The number of alkyl halides is 5. The van der Waals surface area contributed by atoms with Crippen LogP contribution in [0.5, 0.6) is 0 Å². The van der Waals surface area contributed by atoms with Gasteiger partial charge in [-0.05, 0) is 56.3 Å². The van der Waals surface area contributed by atoms with E-state index in [4.69, 9.17) is 4.74 Å². The SMILES string of the molecule is O=C(COC(=O)C12CC3CC(CC(C3)C1)C2)OC(C(F)(F)F)C(F)(F)S(=O)(=O)[O-]. The third-order valence-corrected chi connectivity index (χ3v) is 6.86. The summed E-state index contributed by atoms with van der Waals surface area (Å²) in [6.45, 7) is -1.40. The molecule has 4 fully saturated rings. The Labute approximate surface area is 162 Å². The lowest BCUT2D eigenvalue weighted by molar-refractivity contribution is -0.260. The van der Waals surface area contributed by atoms with Gasteiger partial charge in [-0.3, -0.25) is 4.79 Å². The van der Waals surface area contributed by atoms with Crippen molar-refractivity contribution in [2.75, 3.05) is 6.61 Å². The first-order valence-electron chi connectivity index (χ1n) is 8.91. The summed E-state index contributed by atoms with van der Waals surface area (Å²) in [4.78, 5) is 24.1. The molecule has 0 N–H and O–H groups in total. The third kappa shape index (κ3) is 4.21. The predicted octanol–water partition coefficient (Wildman–Crippen LogP) is 2.36. The van der Waals surface area contributed by atoms with Crippen LogP contribution in [-0.2, 0) is 29.2 Å². The average Bonchev–Trinajstić information content (AvgIpc) is 2.54. The lowest BCUT2D eigenvalue weighted by Crippen LogP contribution is -2.53. The summed E-state index contributed by atoms with van der Waals surface area (Å²) in [5.74, 6) is -1.85. The van der Waals surface area contributed by atoms with Crippen LogP contribution in [0.15, 0.2) is 0 Å².